The monoisotopic (exact) mass is 417 g/mol. The lowest BCUT2D eigenvalue weighted by Gasteiger charge is -2.32. The Hall–Kier alpha value is -3.69. The van der Waals surface area contributed by atoms with E-state index in [9.17, 15) is 25.0 Å². The smallest absolute Gasteiger partial charge is 0.410 e. The molecule has 1 saturated heterocycles. The number of hydrogen-bond donors (Lipinski definition) is 0. The van der Waals surface area contributed by atoms with Crippen LogP contribution >= 0.6 is 0 Å². The van der Waals surface area contributed by atoms with Crippen molar-refractivity contribution in [1.29, 1.82) is 0 Å². The summed E-state index contributed by atoms with van der Waals surface area (Å²) in [5.41, 5.74) is -0.571. The predicted octanol–water partition coefficient (Wildman–Crippen LogP) is 4.92. The fourth-order valence-corrected chi connectivity index (χ4v) is 2.28. The molecule has 2 aromatic rings. The molecular weight excluding hydrogens is 394 g/mol. The van der Waals surface area contributed by atoms with Gasteiger partial charge in [0.05, 0.1) is 22.0 Å². The summed E-state index contributed by atoms with van der Waals surface area (Å²) in [6.45, 7) is 7.35. The second-order valence-electron chi connectivity index (χ2n) is 7.43. The molecule has 0 aliphatic carbocycles. The number of carbonyl (C=O) groups is 1. The highest BCUT2D eigenvalue weighted by molar-refractivity contribution is 5.68. The van der Waals surface area contributed by atoms with Gasteiger partial charge in [-0.05, 0) is 39.3 Å². The molecule has 0 radical (unpaired) electrons. The highest BCUT2D eigenvalue weighted by atomic mass is 16.6. The third-order valence-electron chi connectivity index (χ3n) is 3.80. The molecule has 2 aromatic carbocycles. The van der Waals surface area contributed by atoms with E-state index in [-0.39, 0.29) is 34.6 Å². The Kier molecular flexibility index (Phi) is 7.29. The molecule has 10 nitrogen and oxygen atoms in total. The van der Waals surface area contributed by atoms with Gasteiger partial charge in [-0.15, -0.1) is 0 Å². The summed E-state index contributed by atoms with van der Waals surface area (Å²) in [5.74, 6) is 0.490. The quantitative estimate of drug-likeness (QED) is 0.510. The first-order valence-electron chi connectivity index (χ1n) is 9.20. The van der Waals surface area contributed by atoms with E-state index >= 15 is 0 Å². The minimum absolute atomic E-state index is 0.108. The fraction of sp³-hybridized carbons (Fsp3) is 0.350. The second kappa shape index (κ2) is 9.68. The fourth-order valence-electron chi connectivity index (χ4n) is 2.28. The van der Waals surface area contributed by atoms with Crippen molar-refractivity contribution in [3.05, 3.63) is 68.8 Å². The molecule has 1 aliphatic heterocycles. The van der Waals surface area contributed by atoms with Gasteiger partial charge in [-0.25, -0.2) is 4.79 Å². The average Bonchev–Trinajstić information content (AvgIpc) is 2.59. The summed E-state index contributed by atoms with van der Waals surface area (Å²) >= 11 is 0. The lowest BCUT2D eigenvalue weighted by molar-refractivity contribution is -0.384. The Morgan fingerprint density at radius 3 is 1.73 bits per heavy atom. The molecule has 0 unspecified atom stereocenters. The van der Waals surface area contributed by atoms with Crippen LogP contribution in [-0.2, 0) is 4.74 Å². The van der Waals surface area contributed by atoms with Gasteiger partial charge < -0.3 is 14.4 Å². The first kappa shape index (κ1) is 22.6. The van der Waals surface area contributed by atoms with E-state index in [4.69, 9.17) is 9.47 Å². The van der Waals surface area contributed by atoms with Gasteiger partial charge in [0.1, 0.15) is 17.1 Å². The number of nitro groups is 2. The van der Waals surface area contributed by atoms with Crippen LogP contribution in [0.5, 0.6) is 11.5 Å². The first-order chi connectivity index (χ1) is 14.0. The number of ether oxygens (including phenoxy) is 2. The van der Waals surface area contributed by atoms with E-state index in [0.717, 1.165) is 19.5 Å². The minimum Gasteiger partial charge on any atom is -0.457 e. The van der Waals surface area contributed by atoms with Crippen molar-refractivity contribution >= 4 is 17.5 Å². The van der Waals surface area contributed by atoms with E-state index in [1.165, 1.54) is 48.5 Å². The highest BCUT2D eigenvalue weighted by Gasteiger charge is 2.25. The highest BCUT2D eigenvalue weighted by Crippen LogP contribution is 2.27. The Labute approximate surface area is 173 Å². The normalized spacial score (nSPS) is 12.7. The lowest BCUT2D eigenvalue weighted by Crippen LogP contribution is -2.44. The molecule has 0 N–H and O–H groups in total. The molecule has 30 heavy (non-hydrogen) atoms. The Morgan fingerprint density at radius 2 is 1.40 bits per heavy atom. The number of nitrogens with zero attached hydrogens (tertiary/aromatic N) is 3. The molecule has 1 aliphatic rings. The van der Waals surface area contributed by atoms with Crippen molar-refractivity contribution < 1.29 is 24.1 Å². The van der Waals surface area contributed by atoms with Crippen LogP contribution in [0.3, 0.4) is 0 Å². The van der Waals surface area contributed by atoms with E-state index < -0.39 is 9.85 Å². The van der Waals surface area contributed by atoms with E-state index in [0.29, 0.717) is 0 Å². The largest absolute Gasteiger partial charge is 0.457 e. The van der Waals surface area contributed by atoms with Crippen LogP contribution in [-0.4, -0.2) is 39.5 Å². The zero-order chi connectivity index (χ0) is 22.3. The van der Waals surface area contributed by atoms with Crippen molar-refractivity contribution in [3.63, 3.8) is 0 Å². The van der Waals surface area contributed by atoms with E-state index in [1.54, 1.807) is 4.90 Å². The zero-order valence-electron chi connectivity index (χ0n) is 16.9. The molecular formula is C20H23N3O7. The van der Waals surface area contributed by atoms with Gasteiger partial charge in [-0.1, -0.05) is 12.1 Å². The van der Waals surface area contributed by atoms with Crippen molar-refractivity contribution in [2.75, 3.05) is 13.1 Å². The molecule has 1 heterocycles. The van der Waals surface area contributed by atoms with Crippen LogP contribution < -0.4 is 4.74 Å². The maximum Gasteiger partial charge on any atom is 0.410 e. The van der Waals surface area contributed by atoms with Crippen LogP contribution in [0.25, 0.3) is 0 Å². The van der Waals surface area contributed by atoms with Crippen LogP contribution in [0.1, 0.15) is 27.2 Å². The number of benzene rings is 2. The number of likely N-dealkylation sites (tertiary alicyclic amines) is 1. The van der Waals surface area contributed by atoms with E-state index in [2.05, 4.69) is 0 Å². The van der Waals surface area contributed by atoms with Gasteiger partial charge in [-0.2, -0.15) is 0 Å². The summed E-state index contributed by atoms with van der Waals surface area (Å²) in [6.07, 6.45) is 0.933. The van der Waals surface area contributed by atoms with E-state index in [1.807, 2.05) is 20.8 Å². The van der Waals surface area contributed by atoms with Crippen LogP contribution in [0.4, 0.5) is 16.2 Å². The van der Waals surface area contributed by atoms with Gasteiger partial charge in [-0.3, -0.25) is 20.2 Å². The Balaban J connectivity index is 0.000000248. The van der Waals surface area contributed by atoms with Gasteiger partial charge >= 0.3 is 6.09 Å². The number of hydrogen-bond acceptors (Lipinski definition) is 7. The number of rotatable bonds is 4. The summed E-state index contributed by atoms with van der Waals surface area (Å²) in [6, 6.07) is 11.2. The SMILES string of the molecule is CC(C)(C)OC(=O)N1CCC1.O=[N+]([O-])c1cccc(Oc2cccc([N+](=O)[O-])c2)c1. The van der Waals surface area contributed by atoms with Gasteiger partial charge in [0.25, 0.3) is 11.4 Å². The zero-order valence-corrected chi connectivity index (χ0v) is 16.9. The number of non-ortho nitro benzene ring substituents is 2. The number of carbonyl (C=O) groups excluding carboxylic acids is 1. The lowest BCUT2D eigenvalue weighted by atomic mass is 10.2. The maximum atomic E-state index is 11.1. The molecule has 0 saturated carbocycles. The summed E-state index contributed by atoms with van der Waals surface area (Å²) < 4.78 is 10.5. The summed E-state index contributed by atoms with van der Waals surface area (Å²) in [7, 11) is 0. The molecule has 160 valence electrons. The molecule has 1 fully saturated rings. The molecule has 0 atom stereocenters. The van der Waals surface area contributed by atoms with Gasteiger partial charge in [0.2, 0.25) is 0 Å². The van der Waals surface area contributed by atoms with Crippen LogP contribution in [0, 0.1) is 20.2 Å². The molecule has 0 bridgehead atoms. The van der Waals surface area contributed by atoms with Crippen molar-refractivity contribution in [2.45, 2.75) is 32.8 Å². The molecule has 3 rings (SSSR count). The molecule has 0 spiro atoms. The third-order valence-corrected chi connectivity index (χ3v) is 3.80. The van der Waals surface area contributed by atoms with Crippen molar-refractivity contribution in [2.24, 2.45) is 0 Å². The van der Waals surface area contributed by atoms with Crippen molar-refractivity contribution in [3.8, 4) is 11.5 Å². The molecule has 10 heteroatoms. The maximum absolute atomic E-state index is 11.1. The summed E-state index contributed by atoms with van der Waals surface area (Å²) in [4.78, 5) is 33.0. The van der Waals surface area contributed by atoms with Crippen molar-refractivity contribution in [1.82, 2.24) is 4.90 Å². The average molecular weight is 417 g/mol. The van der Waals surface area contributed by atoms with Gasteiger partial charge in [0.15, 0.2) is 0 Å². The Morgan fingerprint density at radius 1 is 0.933 bits per heavy atom. The number of nitro benzene ring substituents is 2. The summed E-state index contributed by atoms with van der Waals surface area (Å²) in [5, 5.41) is 21.2. The van der Waals surface area contributed by atoms with Gasteiger partial charge in [0, 0.05) is 25.2 Å². The minimum atomic E-state index is -0.541. The second-order valence-corrected chi connectivity index (χ2v) is 7.43. The Bertz CT molecular complexity index is 865. The topological polar surface area (TPSA) is 125 Å². The van der Waals surface area contributed by atoms with Crippen LogP contribution in [0.2, 0.25) is 0 Å². The molecule has 1 amide bonds. The predicted molar refractivity (Wildman–Crippen MR) is 109 cm³/mol. The molecule has 0 aromatic heterocycles. The van der Waals surface area contributed by atoms with Crippen LogP contribution in [0.15, 0.2) is 48.5 Å². The number of amides is 1. The standard InChI is InChI=1S/C12H8N2O5.C8H15NO2/c15-13(16)9-3-1-5-11(7-9)19-12-6-2-4-10(8-12)14(17)18;1-8(2,3)11-7(10)9-5-4-6-9/h1-8H;4-6H2,1-3H3. The first-order valence-corrected chi connectivity index (χ1v) is 9.20. The third kappa shape index (κ3) is 7.04.